The maximum atomic E-state index is 13.2. The fourth-order valence-electron chi connectivity index (χ4n) is 3.65. The van der Waals surface area contributed by atoms with Crippen molar-refractivity contribution >= 4 is 61.3 Å². The smallest absolute Gasteiger partial charge is 0.258 e. The molecule has 9 heteroatoms. The minimum absolute atomic E-state index is 0.245. The zero-order chi connectivity index (χ0) is 22.2. The molecule has 4 aromatic heterocycles. The molecule has 1 aromatic carbocycles. The van der Waals surface area contributed by atoms with Gasteiger partial charge in [-0.15, -0.1) is 11.3 Å². The molecule has 5 aromatic rings. The number of aromatic nitrogens is 4. The second-order valence-electron chi connectivity index (χ2n) is 7.32. The number of pyridine rings is 2. The number of halogens is 1. The normalized spacial score (nSPS) is 11.2. The van der Waals surface area contributed by atoms with Crippen LogP contribution in [0.1, 0.15) is 27.2 Å². The Morgan fingerprint density at radius 2 is 1.97 bits per heavy atom. The highest BCUT2D eigenvalue weighted by Gasteiger charge is 2.18. The summed E-state index contributed by atoms with van der Waals surface area (Å²) in [4.78, 5) is 30.1. The van der Waals surface area contributed by atoms with Gasteiger partial charge in [0.25, 0.3) is 5.91 Å². The van der Waals surface area contributed by atoms with Gasteiger partial charge < -0.3 is 11.1 Å². The quantitative estimate of drug-likeness (QED) is 0.364. The van der Waals surface area contributed by atoms with Crippen LogP contribution in [-0.2, 0) is 6.42 Å². The van der Waals surface area contributed by atoms with Gasteiger partial charge in [-0.25, -0.2) is 15.0 Å². The molecule has 0 fully saturated rings. The monoisotopic (exact) mass is 460 g/mol. The zero-order valence-electron chi connectivity index (χ0n) is 17.0. The minimum Gasteiger partial charge on any atom is -0.382 e. The number of carbonyl (C=O) groups excluding carboxylic acids is 1. The Labute approximate surface area is 192 Å². The Bertz CT molecular complexity index is 1480. The molecule has 0 unspecified atom stereocenters. The summed E-state index contributed by atoms with van der Waals surface area (Å²) in [6.07, 6.45) is 5.47. The van der Waals surface area contributed by atoms with Gasteiger partial charge in [-0.05, 0) is 30.2 Å². The van der Waals surface area contributed by atoms with Gasteiger partial charge in [0, 0.05) is 35.0 Å². The number of aryl methyl sites for hydroxylation is 1. The van der Waals surface area contributed by atoms with E-state index in [-0.39, 0.29) is 5.91 Å². The summed E-state index contributed by atoms with van der Waals surface area (Å²) in [5.41, 5.74) is 10.5. The first kappa shape index (κ1) is 20.3. The van der Waals surface area contributed by atoms with Crippen LogP contribution < -0.4 is 11.1 Å². The first-order valence-electron chi connectivity index (χ1n) is 9.78. The molecular weight excluding hydrogens is 444 g/mol. The van der Waals surface area contributed by atoms with Crippen LogP contribution in [0.2, 0.25) is 5.15 Å². The molecule has 4 heterocycles. The number of rotatable bonds is 4. The van der Waals surface area contributed by atoms with Crippen LogP contribution >= 0.6 is 22.9 Å². The molecule has 0 aliphatic rings. The lowest BCUT2D eigenvalue weighted by atomic mass is 10.0. The first-order valence-corrected chi connectivity index (χ1v) is 11.0. The van der Waals surface area contributed by atoms with Crippen LogP contribution in [-0.4, -0.2) is 25.8 Å². The highest BCUT2D eigenvalue weighted by Crippen LogP contribution is 2.32. The maximum Gasteiger partial charge on any atom is 0.258 e. The number of nitrogen functional groups attached to an aromatic ring is 1. The summed E-state index contributed by atoms with van der Waals surface area (Å²) in [5, 5.41) is 7.16. The van der Waals surface area contributed by atoms with Crippen LogP contribution in [0.15, 0.2) is 54.4 Å². The number of hydrogen-bond donors (Lipinski definition) is 2. The fourth-order valence-corrected chi connectivity index (χ4v) is 4.66. The number of nitrogens with zero attached hydrogens (tertiary/aromatic N) is 4. The van der Waals surface area contributed by atoms with Crippen molar-refractivity contribution in [3.63, 3.8) is 0 Å². The van der Waals surface area contributed by atoms with Crippen molar-refractivity contribution in [1.29, 1.82) is 0 Å². The molecule has 3 N–H and O–H groups in total. The van der Waals surface area contributed by atoms with E-state index in [0.29, 0.717) is 33.2 Å². The third-order valence-corrected chi connectivity index (χ3v) is 6.48. The summed E-state index contributed by atoms with van der Waals surface area (Å²) in [7, 11) is 0. The van der Waals surface area contributed by atoms with Crippen LogP contribution in [0, 0.1) is 6.92 Å². The summed E-state index contributed by atoms with van der Waals surface area (Å²) >= 11 is 7.26. The summed E-state index contributed by atoms with van der Waals surface area (Å²) < 4.78 is 0.704. The first-order chi connectivity index (χ1) is 15.5. The molecule has 7 nitrogen and oxygen atoms in total. The summed E-state index contributed by atoms with van der Waals surface area (Å²) in [5.74, 6) is 0.123. The number of carbonyl (C=O) groups is 1. The van der Waals surface area contributed by atoms with E-state index in [4.69, 9.17) is 17.3 Å². The van der Waals surface area contributed by atoms with E-state index in [0.717, 1.165) is 33.3 Å². The molecule has 158 valence electrons. The van der Waals surface area contributed by atoms with E-state index in [1.165, 1.54) is 17.7 Å². The van der Waals surface area contributed by atoms with Crippen molar-refractivity contribution in [2.75, 3.05) is 11.1 Å². The van der Waals surface area contributed by atoms with Crippen molar-refractivity contribution in [3.05, 3.63) is 82.0 Å². The second-order valence-corrected chi connectivity index (χ2v) is 8.58. The average molecular weight is 461 g/mol. The van der Waals surface area contributed by atoms with Crippen LogP contribution in [0.25, 0.3) is 21.0 Å². The number of amides is 1. The Balaban J connectivity index is 1.53. The fraction of sp³-hybridized carbons (Fsp3) is 0.0870. The van der Waals surface area contributed by atoms with E-state index in [1.54, 1.807) is 23.8 Å². The zero-order valence-corrected chi connectivity index (χ0v) is 18.5. The molecule has 0 saturated heterocycles. The molecule has 0 spiro atoms. The number of nitrogens with two attached hydrogens (primary N) is 1. The predicted molar refractivity (Wildman–Crippen MR) is 128 cm³/mol. The van der Waals surface area contributed by atoms with Crippen molar-refractivity contribution < 1.29 is 4.79 Å². The molecule has 5 rings (SSSR count). The SMILES string of the molecule is Cc1ccc2c(Cc3ccc(Cl)nc3)nccc2c1NC(=O)c1csc2c(N)ncnc12. The molecule has 0 aliphatic carbocycles. The number of anilines is 2. The maximum absolute atomic E-state index is 13.2. The molecule has 0 aliphatic heterocycles. The molecule has 0 radical (unpaired) electrons. The van der Waals surface area contributed by atoms with E-state index in [1.807, 2.05) is 31.2 Å². The van der Waals surface area contributed by atoms with E-state index in [9.17, 15) is 4.79 Å². The van der Waals surface area contributed by atoms with Gasteiger partial charge >= 0.3 is 0 Å². The molecular formula is C23H17ClN6OS. The highest BCUT2D eigenvalue weighted by atomic mass is 35.5. The third kappa shape index (κ3) is 3.63. The summed E-state index contributed by atoms with van der Waals surface area (Å²) in [6.45, 7) is 1.96. The molecule has 1 amide bonds. The number of fused-ring (bicyclic) bond motifs is 2. The van der Waals surface area contributed by atoms with Crippen molar-refractivity contribution in [2.45, 2.75) is 13.3 Å². The topological polar surface area (TPSA) is 107 Å². The molecule has 0 atom stereocenters. The van der Waals surface area contributed by atoms with Crippen molar-refractivity contribution in [1.82, 2.24) is 19.9 Å². The Morgan fingerprint density at radius 1 is 1.09 bits per heavy atom. The lowest BCUT2D eigenvalue weighted by Gasteiger charge is -2.14. The van der Waals surface area contributed by atoms with E-state index in [2.05, 4.69) is 25.3 Å². The van der Waals surface area contributed by atoms with Gasteiger partial charge in [-0.3, -0.25) is 9.78 Å². The number of thiophene rings is 1. The van der Waals surface area contributed by atoms with Gasteiger partial charge in [0.2, 0.25) is 0 Å². The number of hydrogen-bond acceptors (Lipinski definition) is 7. The largest absolute Gasteiger partial charge is 0.382 e. The third-order valence-electron chi connectivity index (χ3n) is 5.26. The van der Waals surface area contributed by atoms with Gasteiger partial charge in [-0.1, -0.05) is 29.8 Å². The van der Waals surface area contributed by atoms with Crippen molar-refractivity contribution in [2.24, 2.45) is 0 Å². The molecule has 0 saturated carbocycles. The van der Waals surface area contributed by atoms with Gasteiger partial charge in [-0.2, -0.15) is 0 Å². The summed E-state index contributed by atoms with van der Waals surface area (Å²) in [6, 6.07) is 9.61. The van der Waals surface area contributed by atoms with E-state index >= 15 is 0 Å². The van der Waals surface area contributed by atoms with Gasteiger partial charge in [0.05, 0.1) is 27.2 Å². The Kier molecular flexibility index (Phi) is 5.16. The second kappa shape index (κ2) is 8.14. The van der Waals surface area contributed by atoms with E-state index < -0.39 is 0 Å². The predicted octanol–water partition coefficient (Wildman–Crippen LogP) is 5.02. The lowest BCUT2D eigenvalue weighted by molar-refractivity contribution is 0.102. The van der Waals surface area contributed by atoms with Crippen LogP contribution in [0.4, 0.5) is 11.5 Å². The Morgan fingerprint density at radius 3 is 2.78 bits per heavy atom. The number of benzene rings is 1. The Hall–Kier alpha value is -3.62. The van der Waals surface area contributed by atoms with Crippen molar-refractivity contribution in [3.8, 4) is 0 Å². The number of nitrogens with one attached hydrogen (secondary N) is 1. The van der Waals surface area contributed by atoms with Gasteiger partial charge in [0.15, 0.2) is 0 Å². The molecule has 0 bridgehead atoms. The minimum atomic E-state index is -0.245. The molecule has 32 heavy (non-hydrogen) atoms. The van der Waals surface area contributed by atoms with Crippen LogP contribution in [0.5, 0.6) is 0 Å². The van der Waals surface area contributed by atoms with Gasteiger partial charge in [0.1, 0.15) is 17.3 Å². The standard InChI is InChI=1S/C23H17ClN6OS/c1-12-2-4-14-15(6-7-26-17(14)8-13-3-5-18(24)27-9-13)19(12)30-23(31)16-10-32-21-20(16)28-11-29-22(21)25/h2-7,9-11H,8H2,1H3,(H,30,31)(H2,25,28,29). The lowest BCUT2D eigenvalue weighted by Crippen LogP contribution is -2.13. The highest BCUT2D eigenvalue weighted by molar-refractivity contribution is 7.18. The average Bonchev–Trinajstić information content (AvgIpc) is 3.23. The van der Waals surface area contributed by atoms with Crippen LogP contribution in [0.3, 0.4) is 0 Å².